The third kappa shape index (κ3) is 4.42. The highest BCUT2D eigenvalue weighted by molar-refractivity contribution is 9.10. The first-order valence-corrected chi connectivity index (χ1v) is 6.49. The van der Waals surface area contributed by atoms with Crippen LogP contribution in [0.5, 0.6) is 0 Å². The van der Waals surface area contributed by atoms with Crippen LogP contribution in [0.2, 0.25) is 5.02 Å². The van der Waals surface area contributed by atoms with Gasteiger partial charge < -0.3 is 10.2 Å². The second kappa shape index (κ2) is 6.60. The molecule has 0 saturated heterocycles. The van der Waals surface area contributed by atoms with Crippen LogP contribution >= 0.6 is 27.5 Å². The van der Waals surface area contributed by atoms with Crippen molar-refractivity contribution < 1.29 is 0 Å². The molecule has 1 N–H and O–H groups in total. The molecule has 4 heteroatoms. The van der Waals surface area contributed by atoms with Gasteiger partial charge in [0, 0.05) is 28.6 Å². The number of hydrogen-bond acceptors (Lipinski definition) is 2. The molecule has 0 aliphatic carbocycles. The summed E-state index contributed by atoms with van der Waals surface area (Å²) in [6.07, 6.45) is 0. The molecule has 16 heavy (non-hydrogen) atoms. The Bertz CT molecular complexity index is 342. The summed E-state index contributed by atoms with van der Waals surface area (Å²) in [5, 5.41) is 4.19. The molecule has 0 heterocycles. The lowest BCUT2D eigenvalue weighted by Gasteiger charge is -2.20. The second-order valence-electron chi connectivity index (χ2n) is 4.18. The molecule has 1 unspecified atom stereocenters. The average molecular weight is 306 g/mol. The van der Waals surface area contributed by atoms with E-state index in [-0.39, 0.29) is 0 Å². The van der Waals surface area contributed by atoms with Crippen LogP contribution in [0.15, 0.2) is 22.7 Å². The first kappa shape index (κ1) is 14.0. The molecule has 1 atom stereocenters. The van der Waals surface area contributed by atoms with Gasteiger partial charge in [-0.05, 0) is 38.7 Å². The summed E-state index contributed by atoms with van der Waals surface area (Å²) in [6.45, 7) is 4.03. The number of nitrogens with one attached hydrogen (secondary N) is 1. The molecular weight excluding hydrogens is 288 g/mol. The minimum atomic E-state index is 0.533. The van der Waals surface area contributed by atoms with Crippen molar-refractivity contribution >= 4 is 27.5 Å². The fraction of sp³-hybridized carbons (Fsp3) is 0.500. The SMILES string of the molecule is CC(CNCc1ccc(Cl)cc1Br)N(C)C. The Hall–Kier alpha value is -0.0900. The van der Waals surface area contributed by atoms with E-state index in [1.54, 1.807) is 0 Å². The first-order valence-electron chi connectivity index (χ1n) is 5.31. The Balaban J connectivity index is 2.43. The van der Waals surface area contributed by atoms with Crippen molar-refractivity contribution in [2.75, 3.05) is 20.6 Å². The van der Waals surface area contributed by atoms with E-state index in [0.717, 1.165) is 22.6 Å². The van der Waals surface area contributed by atoms with Gasteiger partial charge in [0.25, 0.3) is 0 Å². The Labute approximate surface area is 111 Å². The predicted octanol–water partition coefficient (Wildman–Crippen LogP) is 3.14. The molecule has 2 nitrogen and oxygen atoms in total. The van der Waals surface area contributed by atoms with E-state index >= 15 is 0 Å². The highest BCUT2D eigenvalue weighted by Gasteiger charge is 2.04. The molecule has 1 aromatic rings. The largest absolute Gasteiger partial charge is 0.311 e. The van der Waals surface area contributed by atoms with Crippen LogP contribution in [-0.2, 0) is 6.54 Å². The van der Waals surface area contributed by atoms with E-state index in [1.807, 2.05) is 18.2 Å². The molecule has 1 rings (SSSR count). The summed E-state index contributed by atoms with van der Waals surface area (Å²) >= 11 is 9.39. The van der Waals surface area contributed by atoms with Crippen molar-refractivity contribution in [1.29, 1.82) is 0 Å². The number of rotatable bonds is 5. The highest BCUT2D eigenvalue weighted by Crippen LogP contribution is 2.21. The zero-order valence-corrected chi connectivity index (χ0v) is 12.3. The van der Waals surface area contributed by atoms with Crippen LogP contribution in [-0.4, -0.2) is 31.6 Å². The summed E-state index contributed by atoms with van der Waals surface area (Å²) < 4.78 is 1.06. The number of hydrogen-bond donors (Lipinski definition) is 1. The number of likely N-dealkylation sites (N-methyl/N-ethyl adjacent to an activating group) is 1. The average Bonchev–Trinajstić information content (AvgIpc) is 2.20. The van der Waals surface area contributed by atoms with Crippen molar-refractivity contribution in [2.45, 2.75) is 19.5 Å². The number of benzene rings is 1. The van der Waals surface area contributed by atoms with E-state index in [1.165, 1.54) is 5.56 Å². The molecule has 0 radical (unpaired) electrons. The summed E-state index contributed by atoms with van der Waals surface area (Å²) in [7, 11) is 4.18. The van der Waals surface area contributed by atoms with E-state index in [2.05, 4.69) is 47.2 Å². The van der Waals surface area contributed by atoms with Gasteiger partial charge in [-0.15, -0.1) is 0 Å². The standard InChI is InChI=1S/C12H18BrClN2/c1-9(16(2)3)7-15-8-10-4-5-11(14)6-12(10)13/h4-6,9,15H,7-8H2,1-3H3. The molecule has 0 spiro atoms. The van der Waals surface area contributed by atoms with Gasteiger partial charge in [0.15, 0.2) is 0 Å². The maximum Gasteiger partial charge on any atom is 0.0417 e. The second-order valence-corrected chi connectivity index (χ2v) is 5.47. The summed E-state index contributed by atoms with van der Waals surface area (Å²) in [5.74, 6) is 0. The minimum absolute atomic E-state index is 0.533. The van der Waals surface area contributed by atoms with E-state index in [0.29, 0.717) is 6.04 Å². The van der Waals surface area contributed by atoms with Crippen LogP contribution in [0.3, 0.4) is 0 Å². The molecule has 0 fully saturated rings. The monoisotopic (exact) mass is 304 g/mol. The Kier molecular flexibility index (Phi) is 5.76. The van der Waals surface area contributed by atoms with Gasteiger partial charge in [0.2, 0.25) is 0 Å². The first-order chi connectivity index (χ1) is 7.50. The lowest BCUT2D eigenvalue weighted by molar-refractivity contribution is 0.302. The Morgan fingerprint density at radius 2 is 2.12 bits per heavy atom. The molecule has 0 aliphatic rings. The van der Waals surface area contributed by atoms with Crippen molar-refractivity contribution in [2.24, 2.45) is 0 Å². The molecular formula is C12H18BrClN2. The fourth-order valence-corrected chi connectivity index (χ4v) is 2.09. The Morgan fingerprint density at radius 1 is 1.44 bits per heavy atom. The zero-order valence-electron chi connectivity index (χ0n) is 9.93. The maximum atomic E-state index is 5.89. The van der Waals surface area contributed by atoms with Gasteiger partial charge >= 0.3 is 0 Å². The highest BCUT2D eigenvalue weighted by atomic mass is 79.9. The van der Waals surface area contributed by atoms with Crippen LogP contribution in [0, 0.1) is 0 Å². The molecule has 90 valence electrons. The molecule has 0 aliphatic heterocycles. The Morgan fingerprint density at radius 3 is 2.69 bits per heavy atom. The van der Waals surface area contributed by atoms with Crippen LogP contribution < -0.4 is 5.32 Å². The number of nitrogens with zero attached hydrogens (tertiary/aromatic N) is 1. The van der Waals surface area contributed by atoms with E-state index in [9.17, 15) is 0 Å². The summed E-state index contributed by atoms with van der Waals surface area (Å²) in [6, 6.07) is 6.41. The minimum Gasteiger partial charge on any atom is -0.311 e. The van der Waals surface area contributed by atoms with Crippen LogP contribution in [0.1, 0.15) is 12.5 Å². The molecule has 1 aromatic carbocycles. The lowest BCUT2D eigenvalue weighted by atomic mass is 10.2. The quantitative estimate of drug-likeness (QED) is 0.899. The normalized spacial score (nSPS) is 13.1. The van der Waals surface area contributed by atoms with Crippen molar-refractivity contribution in [3.63, 3.8) is 0 Å². The molecule has 0 amide bonds. The third-order valence-corrected chi connectivity index (χ3v) is 3.63. The van der Waals surface area contributed by atoms with Gasteiger partial charge in [-0.1, -0.05) is 33.6 Å². The topological polar surface area (TPSA) is 15.3 Å². The van der Waals surface area contributed by atoms with Crippen molar-refractivity contribution in [1.82, 2.24) is 10.2 Å². The smallest absolute Gasteiger partial charge is 0.0417 e. The van der Waals surface area contributed by atoms with Gasteiger partial charge in [-0.25, -0.2) is 0 Å². The lowest BCUT2D eigenvalue weighted by Crippen LogP contribution is -2.35. The van der Waals surface area contributed by atoms with Crippen molar-refractivity contribution in [3.05, 3.63) is 33.3 Å². The zero-order chi connectivity index (χ0) is 12.1. The third-order valence-electron chi connectivity index (χ3n) is 2.65. The van der Waals surface area contributed by atoms with Crippen molar-refractivity contribution in [3.8, 4) is 0 Å². The molecule has 0 bridgehead atoms. The fourth-order valence-electron chi connectivity index (χ4n) is 1.26. The van der Waals surface area contributed by atoms with Gasteiger partial charge in [-0.3, -0.25) is 0 Å². The summed E-state index contributed by atoms with van der Waals surface area (Å²) in [4.78, 5) is 2.20. The van der Waals surface area contributed by atoms with Gasteiger partial charge in [-0.2, -0.15) is 0 Å². The number of halogens is 2. The van der Waals surface area contributed by atoms with Gasteiger partial charge in [0.05, 0.1) is 0 Å². The predicted molar refractivity (Wildman–Crippen MR) is 74.0 cm³/mol. The van der Waals surface area contributed by atoms with E-state index < -0.39 is 0 Å². The van der Waals surface area contributed by atoms with Crippen LogP contribution in [0.4, 0.5) is 0 Å². The van der Waals surface area contributed by atoms with Crippen LogP contribution in [0.25, 0.3) is 0 Å². The summed E-state index contributed by atoms with van der Waals surface area (Å²) in [5.41, 5.74) is 1.23. The molecule has 0 saturated carbocycles. The maximum absolute atomic E-state index is 5.89. The van der Waals surface area contributed by atoms with E-state index in [4.69, 9.17) is 11.6 Å². The van der Waals surface area contributed by atoms with Gasteiger partial charge in [0.1, 0.15) is 0 Å². The molecule has 0 aromatic heterocycles.